The molecule has 0 N–H and O–H groups in total. The molecule has 0 aromatic heterocycles. The van der Waals surface area contributed by atoms with Crippen LogP contribution in [0.15, 0.2) is 121 Å². The lowest BCUT2D eigenvalue weighted by atomic mass is 9.91. The van der Waals surface area contributed by atoms with Crippen molar-refractivity contribution in [1.82, 2.24) is 0 Å². The zero-order valence-corrected chi connectivity index (χ0v) is 22.0. The van der Waals surface area contributed by atoms with Crippen molar-refractivity contribution < 1.29 is 0 Å². The molecule has 0 saturated heterocycles. The minimum absolute atomic E-state index is 1.28. The molecule has 0 radical (unpaired) electrons. The first-order chi connectivity index (χ1) is 18.1. The van der Waals surface area contributed by atoms with Gasteiger partial charge in [0.2, 0.25) is 0 Å². The lowest BCUT2D eigenvalue weighted by Gasteiger charge is -2.33. The Morgan fingerprint density at radius 1 is 0.405 bits per heavy atom. The molecule has 0 nitrogen and oxygen atoms in total. The summed E-state index contributed by atoms with van der Waals surface area (Å²) in [6, 6.07) is 45.6. The maximum absolute atomic E-state index is 2.50. The van der Waals surface area contributed by atoms with Crippen molar-refractivity contribution in [2.75, 3.05) is 0 Å². The van der Waals surface area contributed by atoms with Gasteiger partial charge in [-0.15, -0.1) is 0 Å². The number of benzene rings is 7. The van der Waals surface area contributed by atoms with Crippen LogP contribution in [0, 0.1) is 0 Å². The van der Waals surface area contributed by atoms with Crippen molar-refractivity contribution in [3.63, 3.8) is 0 Å². The van der Waals surface area contributed by atoms with Gasteiger partial charge >= 0.3 is 0 Å². The Balaban J connectivity index is 1.41. The molecule has 0 aliphatic carbocycles. The van der Waals surface area contributed by atoms with Gasteiger partial charge in [-0.3, -0.25) is 0 Å². The fourth-order valence-electron chi connectivity index (χ4n) is 6.81. The maximum Gasteiger partial charge on any atom is 0.113 e. The van der Waals surface area contributed by atoms with Gasteiger partial charge in [-0.2, -0.15) is 0 Å². The standard InChI is InChI=1S/C36H26Si/c1-37(2)34-20-18-25(22-33(34)31-15-7-9-23-10-8-16-35(37)36(23)31)24-17-19-30-28-13-4-3-11-26(28)27-12-5-6-14-29(27)32(30)21-24/h3-22H,1-2H3. The summed E-state index contributed by atoms with van der Waals surface area (Å²) in [5.41, 5.74) is 5.37. The highest BCUT2D eigenvalue weighted by atomic mass is 28.3. The van der Waals surface area contributed by atoms with Crippen LogP contribution in [-0.4, -0.2) is 8.07 Å². The van der Waals surface area contributed by atoms with E-state index < -0.39 is 8.07 Å². The molecule has 0 bridgehead atoms. The summed E-state index contributed by atoms with van der Waals surface area (Å²) in [6.45, 7) is 5.01. The van der Waals surface area contributed by atoms with Crippen molar-refractivity contribution in [3.05, 3.63) is 121 Å². The van der Waals surface area contributed by atoms with E-state index in [0.29, 0.717) is 0 Å². The monoisotopic (exact) mass is 486 g/mol. The third-order valence-corrected chi connectivity index (χ3v) is 12.2. The molecule has 7 aromatic rings. The Bertz CT molecular complexity index is 2020. The molecule has 7 aromatic carbocycles. The van der Waals surface area contributed by atoms with Crippen LogP contribution in [0.5, 0.6) is 0 Å². The van der Waals surface area contributed by atoms with E-state index in [-0.39, 0.29) is 0 Å². The number of hydrogen-bond donors (Lipinski definition) is 0. The van der Waals surface area contributed by atoms with Gasteiger partial charge in [-0.05, 0) is 87.8 Å². The highest BCUT2D eigenvalue weighted by Crippen LogP contribution is 2.39. The lowest BCUT2D eigenvalue weighted by molar-refractivity contribution is 1.61. The topological polar surface area (TPSA) is 0 Å². The smallest absolute Gasteiger partial charge is 0.0619 e. The molecule has 0 amide bonds. The molecule has 0 atom stereocenters. The third kappa shape index (κ3) is 2.83. The van der Waals surface area contributed by atoms with Crippen molar-refractivity contribution in [2.45, 2.75) is 13.1 Å². The van der Waals surface area contributed by atoms with Gasteiger partial charge in [0.05, 0.1) is 0 Å². The van der Waals surface area contributed by atoms with Crippen LogP contribution in [0.2, 0.25) is 13.1 Å². The van der Waals surface area contributed by atoms with Crippen molar-refractivity contribution in [1.29, 1.82) is 0 Å². The Hall–Kier alpha value is -4.20. The van der Waals surface area contributed by atoms with Crippen LogP contribution in [0.3, 0.4) is 0 Å². The molecule has 0 saturated carbocycles. The largest absolute Gasteiger partial charge is 0.113 e. The molecule has 174 valence electrons. The zero-order chi connectivity index (χ0) is 24.7. The molecule has 0 unspecified atom stereocenters. The van der Waals surface area contributed by atoms with E-state index in [1.54, 1.807) is 10.4 Å². The number of hydrogen-bond acceptors (Lipinski definition) is 0. The summed E-state index contributed by atoms with van der Waals surface area (Å²) in [5, 5.41) is 13.9. The van der Waals surface area contributed by atoms with E-state index in [9.17, 15) is 0 Å². The Kier molecular flexibility index (Phi) is 4.19. The molecular formula is C36H26Si. The third-order valence-electron chi connectivity index (χ3n) is 8.64. The molecule has 0 fully saturated rings. The van der Waals surface area contributed by atoms with Crippen LogP contribution < -0.4 is 10.4 Å². The minimum atomic E-state index is -1.80. The van der Waals surface area contributed by atoms with Gasteiger partial charge in [0.1, 0.15) is 8.07 Å². The normalized spacial score (nSPS) is 13.9. The lowest BCUT2D eigenvalue weighted by Crippen LogP contribution is -2.55. The van der Waals surface area contributed by atoms with E-state index in [2.05, 4.69) is 134 Å². The zero-order valence-electron chi connectivity index (χ0n) is 21.0. The van der Waals surface area contributed by atoms with Crippen LogP contribution in [0.4, 0.5) is 0 Å². The second-order valence-electron chi connectivity index (χ2n) is 10.9. The van der Waals surface area contributed by atoms with Crippen LogP contribution >= 0.6 is 0 Å². The summed E-state index contributed by atoms with van der Waals surface area (Å²) in [6.07, 6.45) is 0. The fraction of sp³-hybridized carbons (Fsp3) is 0.0556. The molecule has 1 heteroatoms. The predicted molar refractivity (Wildman–Crippen MR) is 164 cm³/mol. The highest BCUT2D eigenvalue weighted by molar-refractivity contribution is 7.03. The molecule has 1 aliphatic rings. The average molecular weight is 487 g/mol. The summed E-state index contributed by atoms with van der Waals surface area (Å²) < 4.78 is 0. The fourth-order valence-corrected chi connectivity index (χ4v) is 9.90. The van der Waals surface area contributed by atoms with Gasteiger partial charge in [0.25, 0.3) is 0 Å². The second kappa shape index (κ2) is 7.41. The summed E-state index contributed by atoms with van der Waals surface area (Å²) in [7, 11) is -1.80. The van der Waals surface area contributed by atoms with E-state index >= 15 is 0 Å². The van der Waals surface area contributed by atoms with E-state index in [1.165, 1.54) is 65.3 Å². The van der Waals surface area contributed by atoms with Crippen molar-refractivity contribution in [3.8, 4) is 22.3 Å². The average Bonchev–Trinajstić information content (AvgIpc) is 2.95. The van der Waals surface area contributed by atoms with E-state index in [0.717, 1.165) is 0 Å². The van der Waals surface area contributed by atoms with Gasteiger partial charge in [0.15, 0.2) is 0 Å². The first-order valence-corrected chi connectivity index (χ1v) is 16.1. The van der Waals surface area contributed by atoms with Gasteiger partial charge in [-0.25, -0.2) is 0 Å². The first kappa shape index (κ1) is 20.9. The second-order valence-corrected chi connectivity index (χ2v) is 15.3. The van der Waals surface area contributed by atoms with Crippen LogP contribution in [0.1, 0.15) is 0 Å². The van der Waals surface area contributed by atoms with Gasteiger partial charge in [-0.1, -0.05) is 122 Å². The molecule has 0 spiro atoms. The van der Waals surface area contributed by atoms with Gasteiger partial charge in [0, 0.05) is 0 Å². The molecule has 1 aliphatic heterocycles. The minimum Gasteiger partial charge on any atom is -0.0619 e. The summed E-state index contributed by atoms with van der Waals surface area (Å²) in [5.74, 6) is 0. The number of fused-ring (bicyclic) bond motifs is 8. The first-order valence-electron chi connectivity index (χ1n) is 13.1. The van der Waals surface area contributed by atoms with Crippen molar-refractivity contribution >= 4 is 61.5 Å². The molecule has 37 heavy (non-hydrogen) atoms. The van der Waals surface area contributed by atoms with Crippen LogP contribution in [0.25, 0.3) is 65.3 Å². The Labute approximate surface area is 217 Å². The van der Waals surface area contributed by atoms with Crippen LogP contribution in [-0.2, 0) is 0 Å². The quantitative estimate of drug-likeness (QED) is 0.161. The van der Waals surface area contributed by atoms with E-state index in [4.69, 9.17) is 0 Å². The molecule has 1 heterocycles. The summed E-state index contributed by atoms with van der Waals surface area (Å²) in [4.78, 5) is 0. The maximum atomic E-state index is 2.50. The Morgan fingerprint density at radius 3 is 1.68 bits per heavy atom. The predicted octanol–water partition coefficient (Wildman–Crippen LogP) is 8.77. The molecular weight excluding hydrogens is 460 g/mol. The SMILES string of the molecule is C[Si]1(C)c2ccc(-c3ccc4c5ccccc5c5ccccc5c4c3)cc2-c2cccc3cccc1c23. The summed E-state index contributed by atoms with van der Waals surface area (Å²) >= 11 is 0. The van der Waals surface area contributed by atoms with Crippen molar-refractivity contribution in [2.24, 2.45) is 0 Å². The molecule has 8 rings (SSSR count). The van der Waals surface area contributed by atoms with E-state index in [1.807, 2.05) is 0 Å². The van der Waals surface area contributed by atoms with Gasteiger partial charge < -0.3 is 0 Å². The Morgan fingerprint density at radius 2 is 0.973 bits per heavy atom. The highest BCUT2D eigenvalue weighted by Gasteiger charge is 2.35. The number of rotatable bonds is 1.